The molecule has 0 fully saturated rings. The van der Waals surface area contributed by atoms with E-state index in [4.69, 9.17) is 4.74 Å². The van der Waals surface area contributed by atoms with Gasteiger partial charge in [-0.15, -0.1) is 0 Å². The summed E-state index contributed by atoms with van der Waals surface area (Å²) in [5, 5.41) is 2.62. The summed E-state index contributed by atoms with van der Waals surface area (Å²) in [6.07, 6.45) is 0. The zero-order chi connectivity index (χ0) is 18.6. The highest BCUT2D eigenvalue weighted by molar-refractivity contribution is 7.92. The van der Waals surface area contributed by atoms with Crippen molar-refractivity contribution in [3.63, 3.8) is 0 Å². The fraction of sp³-hybridized carbons (Fsp3) is 0.235. The van der Waals surface area contributed by atoms with Crippen molar-refractivity contribution in [3.05, 3.63) is 53.8 Å². The van der Waals surface area contributed by atoms with Crippen molar-refractivity contribution in [2.45, 2.75) is 11.8 Å². The highest BCUT2D eigenvalue weighted by Crippen LogP contribution is 2.30. The normalized spacial score (nSPS) is 11.0. The summed E-state index contributed by atoms with van der Waals surface area (Å²) >= 11 is 0. The first-order valence-electron chi connectivity index (χ1n) is 7.52. The fourth-order valence-corrected chi connectivity index (χ4v) is 3.60. The van der Waals surface area contributed by atoms with Gasteiger partial charge in [-0.3, -0.25) is 9.10 Å². The van der Waals surface area contributed by atoms with Crippen LogP contribution in [0.4, 0.5) is 10.1 Å². The molecule has 0 heterocycles. The number of hydrogen-bond donors (Lipinski definition) is 1. The molecule has 2 aromatic rings. The first kappa shape index (κ1) is 18.7. The van der Waals surface area contributed by atoms with Crippen molar-refractivity contribution in [2.75, 3.05) is 25.0 Å². The quantitative estimate of drug-likeness (QED) is 0.852. The number of carbonyl (C=O) groups is 1. The van der Waals surface area contributed by atoms with E-state index >= 15 is 0 Å². The average molecular weight is 366 g/mol. The molecule has 134 valence electrons. The van der Waals surface area contributed by atoms with E-state index in [1.807, 2.05) is 0 Å². The van der Waals surface area contributed by atoms with Crippen molar-refractivity contribution < 1.29 is 22.3 Å². The number of methoxy groups -OCH3 is 1. The van der Waals surface area contributed by atoms with E-state index in [1.165, 1.54) is 56.6 Å². The van der Waals surface area contributed by atoms with Crippen LogP contribution < -0.4 is 14.4 Å². The molecule has 0 aromatic heterocycles. The Kier molecular flexibility index (Phi) is 5.63. The van der Waals surface area contributed by atoms with E-state index < -0.39 is 15.8 Å². The minimum atomic E-state index is -4.01. The van der Waals surface area contributed by atoms with Gasteiger partial charge >= 0.3 is 0 Å². The third-order valence-corrected chi connectivity index (χ3v) is 5.40. The van der Waals surface area contributed by atoms with Gasteiger partial charge < -0.3 is 10.1 Å². The predicted octanol–water partition coefficient (Wildman–Crippen LogP) is 2.41. The molecular formula is C17H19FN2O4S. The lowest BCUT2D eigenvalue weighted by atomic mass is 10.2. The van der Waals surface area contributed by atoms with Crippen LogP contribution >= 0.6 is 0 Å². The summed E-state index contributed by atoms with van der Waals surface area (Å²) in [4.78, 5) is 11.9. The number of anilines is 1. The van der Waals surface area contributed by atoms with Crippen molar-refractivity contribution in [1.82, 2.24) is 5.32 Å². The maximum absolute atomic E-state index is 13.1. The Morgan fingerprint density at radius 1 is 1.20 bits per heavy atom. The molecule has 0 spiro atoms. The number of nitrogens with one attached hydrogen (secondary N) is 1. The monoisotopic (exact) mass is 366 g/mol. The van der Waals surface area contributed by atoms with Crippen molar-refractivity contribution in [1.29, 1.82) is 0 Å². The van der Waals surface area contributed by atoms with E-state index in [0.717, 1.165) is 4.31 Å². The molecule has 2 aromatic carbocycles. The molecule has 8 heteroatoms. The molecule has 1 N–H and O–H groups in total. The maximum Gasteiger partial charge on any atom is 0.267 e. The van der Waals surface area contributed by atoms with Gasteiger partial charge in [0.15, 0.2) is 0 Å². The third kappa shape index (κ3) is 3.90. The lowest BCUT2D eigenvalue weighted by molar-refractivity contribution is 0.0955. The minimum absolute atomic E-state index is 0.113. The Hall–Kier alpha value is -2.61. The smallest absolute Gasteiger partial charge is 0.267 e. The summed E-state index contributed by atoms with van der Waals surface area (Å²) < 4.78 is 45.1. The first-order valence-corrected chi connectivity index (χ1v) is 8.96. The van der Waals surface area contributed by atoms with Crippen LogP contribution in [0.15, 0.2) is 47.4 Å². The molecule has 2 rings (SSSR count). The van der Waals surface area contributed by atoms with E-state index in [1.54, 1.807) is 6.92 Å². The Morgan fingerprint density at radius 2 is 1.84 bits per heavy atom. The molecule has 0 radical (unpaired) electrons. The molecule has 25 heavy (non-hydrogen) atoms. The first-order chi connectivity index (χ1) is 11.8. The molecule has 0 saturated heterocycles. The molecule has 0 saturated carbocycles. The van der Waals surface area contributed by atoms with Crippen molar-refractivity contribution >= 4 is 21.6 Å². The van der Waals surface area contributed by atoms with Gasteiger partial charge in [-0.2, -0.15) is 0 Å². The van der Waals surface area contributed by atoms with E-state index in [0.29, 0.717) is 6.54 Å². The van der Waals surface area contributed by atoms with Crippen LogP contribution in [0.5, 0.6) is 5.75 Å². The average Bonchev–Trinajstić information content (AvgIpc) is 2.61. The Morgan fingerprint density at radius 3 is 2.40 bits per heavy atom. The van der Waals surface area contributed by atoms with Gasteiger partial charge in [0.05, 0.1) is 12.8 Å². The molecule has 0 bridgehead atoms. The van der Waals surface area contributed by atoms with Gasteiger partial charge in [0.1, 0.15) is 16.5 Å². The van der Waals surface area contributed by atoms with Gasteiger partial charge in [0.25, 0.3) is 15.9 Å². The highest BCUT2D eigenvalue weighted by atomic mass is 32.2. The van der Waals surface area contributed by atoms with Crippen LogP contribution in [0.3, 0.4) is 0 Å². The van der Waals surface area contributed by atoms with Crippen LogP contribution in [-0.2, 0) is 10.0 Å². The molecule has 0 aliphatic carbocycles. The van der Waals surface area contributed by atoms with Crippen LogP contribution in [0, 0.1) is 5.82 Å². The largest absolute Gasteiger partial charge is 0.495 e. The van der Waals surface area contributed by atoms with Crippen LogP contribution in [0.1, 0.15) is 17.3 Å². The number of ether oxygens (including phenoxy) is 1. The van der Waals surface area contributed by atoms with E-state index in [9.17, 15) is 17.6 Å². The van der Waals surface area contributed by atoms with Gasteiger partial charge in [0, 0.05) is 19.2 Å². The summed E-state index contributed by atoms with van der Waals surface area (Å²) in [7, 11) is -1.32. The van der Waals surface area contributed by atoms with Crippen LogP contribution in [0.25, 0.3) is 0 Å². The molecule has 0 unspecified atom stereocenters. The topological polar surface area (TPSA) is 75.7 Å². The Bertz CT molecular complexity index is 867. The number of benzene rings is 2. The number of halogens is 1. The third-order valence-electron chi connectivity index (χ3n) is 3.59. The number of nitrogens with zero attached hydrogens (tertiary/aromatic N) is 1. The molecule has 6 nitrogen and oxygen atoms in total. The summed E-state index contributed by atoms with van der Waals surface area (Å²) in [6, 6.07) is 9.23. The van der Waals surface area contributed by atoms with Gasteiger partial charge in [-0.1, -0.05) is 0 Å². The summed E-state index contributed by atoms with van der Waals surface area (Å²) in [5.74, 6) is -0.738. The zero-order valence-electron chi connectivity index (χ0n) is 14.1. The fourth-order valence-electron chi connectivity index (χ4n) is 2.22. The SMILES string of the molecule is CCNC(=O)c1ccc(OC)c(S(=O)(=O)N(C)c2ccc(F)cc2)c1. The number of amides is 1. The lowest BCUT2D eigenvalue weighted by Gasteiger charge is -2.21. The summed E-state index contributed by atoms with van der Waals surface area (Å²) in [5.41, 5.74) is 0.487. The Balaban J connectivity index is 2.51. The molecule has 0 aliphatic heterocycles. The number of carbonyl (C=O) groups excluding carboxylic acids is 1. The van der Waals surface area contributed by atoms with Gasteiger partial charge in [0.2, 0.25) is 0 Å². The van der Waals surface area contributed by atoms with E-state index in [2.05, 4.69) is 5.32 Å². The number of sulfonamides is 1. The van der Waals surface area contributed by atoms with Crippen LogP contribution in [0.2, 0.25) is 0 Å². The molecule has 0 atom stereocenters. The van der Waals surface area contributed by atoms with Gasteiger partial charge in [-0.25, -0.2) is 12.8 Å². The minimum Gasteiger partial charge on any atom is -0.495 e. The lowest BCUT2D eigenvalue weighted by Crippen LogP contribution is -2.28. The molecular weight excluding hydrogens is 347 g/mol. The highest BCUT2D eigenvalue weighted by Gasteiger charge is 2.26. The number of hydrogen-bond acceptors (Lipinski definition) is 4. The Labute approximate surface area is 146 Å². The molecule has 0 aliphatic rings. The van der Waals surface area contributed by atoms with E-state index in [-0.39, 0.29) is 27.8 Å². The second-order valence-electron chi connectivity index (χ2n) is 5.17. The second kappa shape index (κ2) is 7.52. The molecule has 1 amide bonds. The second-order valence-corrected chi connectivity index (χ2v) is 7.11. The van der Waals surface area contributed by atoms with Crippen molar-refractivity contribution in [2.24, 2.45) is 0 Å². The zero-order valence-corrected chi connectivity index (χ0v) is 14.9. The predicted molar refractivity (Wildman–Crippen MR) is 93.0 cm³/mol. The number of rotatable bonds is 6. The van der Waals surface area contributed by atoms with Crippen LogP contribution in [-0.4, -0.2) is 35.0 Å². The van der Waals surface area contributed by atoms with Gasteiger partial charge in [-0.05, 0) is 49.4 Å². The van der Waals surface area contributed by atoms with Crippen molar-refractivity contribution in [3.8, 4) is 5.75 Å². The maximum atomic E-state index is 13.1. The summed E-state index contributed by atoms with van der Waals surface area (Å²) in [6.45, 7) is 2.18. The standard InChI is InChI=1S/C17H19FN2O4S/c1-4-19-17(21)12-5-10-15(24-3)16(11-12)25(22,23)20(2)14-8-6-13(18)7-9-14/h5-11H,4H2,1-3H3,(H,19,21).